The van der Waals surface area contributed by atoms with E-state index >= 15 is 0 Å². The van der Waals surface area contributed by atoms with E-state index in [4.69, 9.17) is 19.9 Å². The minimum atomic E-state index is -1.32. The molecule has 2 aromatic carbocycles. The van der Waals surface area contributed by atoms with Gasteiger partial charge in [-0.3, -0.25) is 9.69 Å². The summed E-state index contributed by atoms with van der Waals surface area (Å²) in [5.41, 5.74) is 6.48. The summed E-state index contributed by atoms with van der Waals surface area (Å²) in [7, 11) is 2.96. The average molecular weight is 430 g/mol. The van der Waals surface area contributed by atoms with Crippen molar-refractivity contribution >= 4 is 18.0 Å². The molecule has 0 saturated heterocycles. The van der Waals surface area contributed by atoms with Crippen molar-refractivity contribution in [2.75, 3.05) is 14.2 Å². The van der Waals surface area contributed by atoms with Gasteiger partial charge in [-0.25, -0.2) is 9.59 Å². The monoisotopic (exact) mass is 430 g/mol. The van der Waals surface area contributed by atoms with Crippen molar-refractivity contribution in [2.45, 2.75) is 32.0 Å². The molecular formula is C22H26N2O7. The zero-order valence-electron chi connectivity index (χ0n) is 17.4. The van der Waals surface area contributed by atoms with Crippen LogP contribution in [0.4, 0.5) is 4.79 Å². The summed E-state index contributed by atoms with van der Waals surface area (Å²) in [6.45, 7) is -0.144. The molecule has 0 radical (unpaired) electrons. The number of carbonyl (C=O) groups is 3. The SMILES string of the molecule is COc1ccc(CN(C(=O)OCc2ccccc2)[C@@H](CCC(N)=O)C(=O)O)c(OC)c1. The van der Waals surface area contributed by atoms with Crippen molar-refractivity contribution in [3.05, 3.63) is 59.7 Å². The van der Waals surface area contributed by atoms with E-state index in [9.17, 15) is 19.5 Å². The maximum Gasteiger partial charge on any atom is 0.411 e. The van der Waals surface area contributed by atoms with Crippen LogP contribution in [0.1, 0.15) is 24.0 Å². The molecule has 2 amide bonds. The first-order valence-electron chi connectivity index (χ1n) is 9.55. The number of hydrogen-bond donors (Lipinski definition) is 2. The molecule has 0 heterocycles. The first-order chi connectivity index (χ1) is 14.8. The van der Waals surface area contributed by atoms with Gasteiger partial charge in [0.15, 0.2) is 0 Å². The molecule has 2 aromatic rings. The van der Waals surface area contributed by atoms with E-state index in [1.807, 2.05) is 6.07 Å². The molecule has 3 N–H and O–H groups in total. The van der Waals surface area contributed by atoms with E-state index in [2.05, 4.69) is 0 Å². The number of carbonyl (C=O) groups excluding carboxylic acids is 2. The zero-order chi connectivity index (χ0) is 22.8. The molecule has 9 heteroatoms. The summed E-state index contributed by atoms with van der Waals surface area (Å²) in [6, 6.07) is 12.7. The Morgan fingerprint density at radius 3 is 2.35 bits per heavy atom. The van der Waals surface area contributed by atoms with Crippen LogP contribution in [0.25, 0.3) is 0 Å². The van der Waals surface area contributed by atoms with Crippen LogP contribution < -0.4 is 15.2 Å². The predicted molar refractivity (Wildman–Crippen MR) is 112 cm³/mol. The van der Waals surface area contributed by atoms with Crippen molar-refractivity contribution in [1.29, 1.82) is 0 Å². The van der Waals surface area contributed by atoms with Gasteiger partial charge in [-0.05, 0) is 24.1 Å². The van der Waals surface area contributed by atoms with Crippen LogP contribution in [0.3, 0.4) is 0 Å². The van der Waals surface area contributed by atoms with Gasteiger partial charge < -0.3 is 25.1 Å². The number of rotatable bonds is 11. The Kier molecular flexibility index (Phi) is 8.68. The van der Waals surface area contributed by atoms with Crippen LogP contribution >= 0.6 is 0 Å². The number of ether oxygens (including phenoxy) is 3. The fourth-order valence-electron chi connectivity index (χ4n) is 2.96. The van der Waals surface area contributed by atoms with E-state index in [-0.39, 0.29) is 26.0 Å². The van der Waals surface area contributed by atoms with Crippen LogP contribution in [0.15, 0.2) is 48.5 Å². The van der Waals surface area contributed by atoms with Crippen molar-refractivity contribution in [2.24, 2.45) is 5.73 Å². The highest BCUT2D eigenvalue weighted by atomic mass is 16.6. The Balaban J connectivity index is 2.30. The van der Waals surface area contributed by atoms with Gasteiger partial charge in [0.25, 0.3) is 0 Å². The number of amides is 2. The number of primary amides is 1. The van der Waals surface area contributed by atoms with E-state index in [0.29, 0.717) is 17.1 Å². The second kappa shape index (κ2) is 11.4. The predicted octanol–water partition coefficient (Wildman–Crippen LogP) is 2.56. The minimum absolute atomic E-state index is 0.0297. The Labute approximate surface area is 180 Å². The highest BCUT2D eigenvalue weighted by Gasteiger charge is 2.32. The maximum absolute atomic E-state index is 12.9. The molecule has 2 rings (SSSR count). The van der Waals surface area contributed by atoms with Crippen molar-refractivity contribution in [3.63, 3.8) is 0 Å². The van der Waals surface area contributed by atoms with Gasteiger partial charge in [-0.2, -0.15) is 0 Å². The summed E-state index contributed by atoms with van der Waals surface area (Å²) in [4.78, 5) is 37.1. The smallest absolute Gasteiger partial charge is 0.411 e. The summed E-state index contributed by atoms with van der Waals surface area (Å²) in [5.74, 6) is -0.974. The first-order valence-corrected chi connectivity index (χ1v) is 9.55. The van der Waals surface area contributed by atoms with Gasteiger partial charge in [0.05, 0.1) is 20.8 Å². The van der Waals surface area contributed by atoms with Crippen LogP contribution in [-0.4, -0.2) is 48.2 Å². The molecule has 9 nitrogen and oxygen atoms in total. The average Bonchev–Trinajstić information content (AvgIpc) is 2.77. The standard InChI is InChI=1S/C22H26N2O7/c1-29-17-9-8-16(19(12-17)30-2)13-24(18(21(26)27)10-11-20(23)25)22(28)31-14-15-6-4-3-5-7-15/h3-9,12,18H,10-11,13-14H2,1-2H3,(H2,23,25)(H,26,27)/t18-/m0/s1. The summed E-state index contributed by atoms with van der Waals surface area (Å²) in [5, 5.41) is 9.72. The molecule has 0 aromatic heterocycles. The fraction of sp³-hybridized carbons (Fsp3) is 0.318. The van der Waals surface area contributed by atoms with Crippen molar-refractivity contribution in [3.8, 4) is 11.5 Å². The van der Waals surface area contributed by atoms with Crippen molar-refractivity contribution < 1.29 is 33.7 Å². The van der Waals surface area contributed by atoms with E-state index in [0.717, 1.165) is 10.5 Å². The normalized spacial score (nSPS) is 11.3. The summed E-state index contributed by atoms with van der Waals surface area (Å²) < 4.78 is 15.9. The molecule has 0 aliphatic rings. The lowest BCUT2D eigenvalue weighted by Gasteiger charge is -2.29. The van der Waals surface area contributed by atoms with Crippen LogP contribution in [0.5, 0.6) is 11.5 Å². The summed E-state index contributed by atoms with van der Waals surface area (Å²) in [6.07, 6.45) is -1.18. The fourth-order valence-corrected chi connectivity index (χ4v) is 2.96. The summed E-state index contributed by atoms with van der Waals surface area (Å²) >= 11 is 0. The second-order valence-corrected chi connectivity index (χ2v) is 6.70. The molecule has 0 saturated carbocycles. The van der Waals surface area contributed by atoms with Gasteiger partial charge in [0, 0.05) is 18.1 Å². The van der Waals surface area contributed by atoms with Crippen LogP contribution in [-0.2, 0) is 27.5 Å². The van der Waals surface area contributed by atoms with Gasteiger partial charge >= 0.3 is 12.1 Å². The minimum Gasteiger partial charge on any atom is -0.497 e. The molecule has 0 spiro atoms. The number of benzene rings is 2. The molecule has 31 heavy (non-hydrogen) atoms. The van der Waals surface area contributed by atoms with Gasteiger partial charge in [-0.1, -0.05) is 30.3 Å². The largest absolute Gasteiger partial charge is 0.497 e. The van der Waals surface area contributed by atoms with E-state index in [1.165, 1.54) is 14.2 Å². The molecule has 0 fully saturated rings. The quantitative estimate of drug-likeness (QED) is 0.560. The van der Waals surface area contributed by atoms with Crippen LogP contribution in [0.2, 0.25) is 0 Å². The third-order valence-electron chi connectivity index (χ3n) is 4.60. The highest BCUT2D eigenvalue weighted by molar-refractivity contribution is 5.81. The maximum atomic E-state index is 12.9. The first kappa shape index (κ1) is 23.5. The Morgan fingerprint density at radius 2 is 1.77 bits per heavy atom. The van der Waals surface area contributed by atoms with E-state index in [1.54, 1.807) is 42.5 Å². The molecular weight excluding hydrogens is 404 g/mol. The lowest BCUT2D eigenvalue weighted by atomic mass is 10.1. The van der Waals surface area contributed by atoms with Gasteiger partial charge in [0.1, 0.15) is 24.1 Å². The Morgan fingerprint density at radius 1 is 1.06 bits per heavy atom. The molecule has 1 atom stereocenters. The highest BCUT2D eigenvalue weighted by Crippen LogP contribution is 2.27. The number of carboxylic acid groups (broad SMARTS) is 1. The number of methoxy groups -OCH3 is 2. The Bertz CT molecular complexity index is 902. The topological polar surface area (TPSA) is 128 Å². The Hall–Kier alpha value is -3.75. The third-order valence-corrected chi connectivity index (χ3v) is 4.60. The zero-order valence-corrected chi connectivity index (χ0v) is 17.4. The number of nitrogens with zero attached hydrogens (tertiary/aromatic N) is 1. The van der Waals surface area contributed by atoms with E-state index < -0.39 is 24.0 Å². The molecule has 0 aliphatic carbocycles. The molecule has 0 bridgehead atoms. The molecule has 166 valence electrons. The lowest BCUT2D eigenvalue weighted by Crippen LogP contribution is -2.45. The van der Waals surface area contributed by atoms with Crippen molar-refractivity contribution in [1.82, 2.24) is 4.90 Å². The second-order valence-electron chi connectivity index (χ2n) is 6.70. The number of nitrogens with two attached hydrogens (primary N) is 1. The lowest BCUT2D eigenvalue weighted by molar-refractivity contribution is -0.143. The molecule has 0 aliphatic heterocycles. The number of hydrogen-bond acceptors (Lipinski definition) is 6. The van der Waals surface area contributed by atoms with Gasteiger partial charge in [-0.15, -0.1) is 0 Å². The number of carboxylic acids is 1. The third kappa shape index (κ3) is 6.91. The van der Waals surface area contributed by atoms with Gasteiger partial charge in [0.2, 0.25) is 5.91 Å². The van der Waals surface area contributed by atoms with Crippen LogP contribution in [0, 0.1) is 0 Å². The molecule has 0 unspecified atom stereocenters. The number of aliphatic carboxylic acids is 1.